The molecule has 1 amide bonds. The SMILES string of the molecule is CC[C@@H](C)NC(=O)COC(=O)c1ccc(C(=O)C(=O)c2ccccc2)cc1. The Kier molecular flexibility index (Phi) is 7.00. The van der Waals surface area contributed by atoms with Crippen molar-refractivity contribution in [3.05, 3.63) is 71.3 Å². The van der Waals surface area contributed by atoms with Gasteiger partial charge in [-0.15, -0.1) is 0 Å². The number of carbonyl (C=O) groups is 4. The minimum Gasteiger partial charge on any atom is -0.452 e. The van der Waals surface area contributed by atoms with Crippen LogP contribution in [0.1, 0.15) is 51.3 Å². The predicted octanol–water partition coefficient (Wildman–Crippen LogP) is 2.82. The number of hydrogen-bond acceptors (Lipinski definition) is 5. The van der Waals surface area contributed by atoms with Crippen molar-refractivity contribution in [2.45, 2.75) is 26.3 Å². The van der Waals surface area contributed by atoms with Crippen molar-refractivity contribution >= 4 is 23.4 Å². The van der Waals surface area contributed by atoms with E-state index in [1.165, 1.54) is 24.3 Å². The fourth-order valence-corrected chi connectivity index (χ4v) is 2.24. The van der Waals surface area contributed by atoms with Gasteiger partial charge in [-0.25, -0.2) is 4.79 Å². The van der Waals surface area contributed by atoms with E-state index in [2.05, 4.69) is 5.32 Å². The van der Waals surface area contributed by atoms with E-state index in [1.807, 2.05) is 13.8 Å². The number of ketones is 2. The molecule has 0 saturated heterocycles. The lowest BCUT2D eigenvalue weighted by atomic mass is 10.0. The molecule has 0 unspecified atom stereocenters. The van der Waals surface area contributed by atoms with Crippen LogP contribution >= 0.6 is 0 Å². The highest BCUT2D eigenvalue weighted by Gasteiger charge is 2.19. The molecule has 0 spiro atoms. The Morgan fingerprint density at radius 1 is 0.852 bits per heavy atom. The first kappa shape index (κ1) is 20.0. The van der Waals surface area contributed by atoms with Crippen LogP contribution < -0.4 is 5.32 Å². The van der Waals surface area contributed by atoms with Crippen molar-refractivity contribution < 1.29 is 23.9 Å². The average Bonchev–Trinajstić information content (AvgIpc) is 2.71. The van der Waals surface area contributed by atoms with Crippen molar-refractivity contribution in [2.24, 2.45) is 0 Å². The van der Waals surface area contributed by atoms with Gasteiger partial charge in [-0.2, -0.15) is 0 Å². The molecule has 2 aromatic carbocycles. The smallest absolute Gasteiger partial charge is 0.338 e. The molecule has 0 bridgehead atoms. The van der Waals surface area contributed by atoms with Crippen LogP contribution in [0.25, 0.3) is 0 Å². The van der Waals surface area contributed by atoms with Gasteiger partial charge in [0.2, 0.25) is 11.6 Å². The second-order valence-corrected chi connectivity index (χ2v) is 6.05. The van der Waals surface area contributed by atoms with Crippen LogP contribution in [0.5, 0.6) is 0 Å². The normalized spacial score (nSPS) is 11.3. The second-order valence-electron chi connectivity index (χ2n) is 6.05. The standard InChI is InChI=1S/C21H21NO5/c1-3-14(2)22-18(23)13-27-21(26)17-11-9-16(10-12-17)20(25)19(24)15-7-5-4-6-8-15/h4-12,14H,3,13H2,1-2H3,(H,22,23)/t14-/m1/s1. The van der Waals surface area contributed by atoms with Crippen molar-refractivity contribution in [3.8, 4) is 0 Å². The number of nitrogens with one attached hydrogen (secondary N) is 1. The van der Waals surface area contributed by atoms with E-state index < -0.39 is 17.5 Å². The summed E-state index contributed by atoms with van der Waals surface area (Å²) in [6, 6.07) is 13.8. The fourth-order valence-electron chi connectivity index (χ4n) is 2.24. The maximum atomic E-state index is 12.3. The Morgan fingerprint density at radius 2 is 1.37 bits per heavy atom. The van der Waals surface area contributed by atoms with Crippen molar-refractivity contribution in [2.75, 3.05) is 6.61 Å². The molecule has 1 N–H and O–H groups in total. The molecule has 27 heavy (non-hydrogen) atoms. The minimum absolute atomic E-state index is 0.00338. The van der Waals surface area contributed by atoms with Gasteiger partial charge in [0, 0.05) is 17.2 Å². The number of hydrogen-bond donors (Lipinski definition) is 1. The second kappa shape index (κ2) is 9.43. The van der Waals surface area contributed by atoms with Gasteiger partial charge >= 0.3 is 5.97 Å². The molecule has 0 aromatic heterocycles. The Balaban J connectivity index is 1.96. The fraction of sp³-hybridized carbons (Fsp3) is 0.238. The van der Waals surface area contributed by atoms with Gasteiger partial charge < -0.3 is 10.1 Å². The molecule has 0 aliphatic rings. The largest absolute Gasteiger partial charge is 0.452 e. The number of amides is 1. The first-order valence-corrected chi connectivity index (χ1v) is 8.63. The zero-order valence-corrected chi connectivity index (χ0v) is 15.2. The molecule has 0 fully saturated rings. The number of ether oxygens (including phenoxy) is 1. The summed E-state index contributed by atoms with van der Waals surface area (Å²) in [6.45, 7) is 3.41. The van der Waals surface area contributed by atoms with E-state index in [0.29, 0.717) is 5.56 Å². The molecule has 6 nitrogen and oxygen atoms in total. The Bertz CT molecular complexity index is 827. The summed E-state index contributed by atoms with van der Waals surface area (Å²) in [5.74, 6) is -2.33. The van der Waals surface area contributed by atoms with Gasteiger partial charge in [0.1, 0.15) is 0 Å². The van der Waals surface area contributed by atoms with Gasteiger partial charge in [0.05, 0.1) is 5.56 Å². The van der Waals surface area contributed by atoms with Gasteiger partial charge in [0.25, 0.3) is 5.91 Å². The first-order chi connectivity index (χ1) is 12.9. The molecule has 2 aromatic rings. The monoisotopic (exact) mass is 367 g/mol. The summed E-state index contributed by atoms with van der Waals surface area (Å²) in [5.41, 5.74) is 0.670. The lowest BCUT2D eigenvalue weighted by Crippen LogP contribution is -2.35. The Labute approximate surface area is 157 Å². The molecular formula is C21H21NO5. The van der Waals surface area contributed by atoms with Crippen LogP contribution in [0.2, 0.25) is 0 Å². The van der Waals surface area contributed by atoms with Crippen LogP contribution in [-0.4, -0.2) is 36.1 Å². The van der Waals surface area contributed by atoms with E-state index in [1.54, 1.807) is 30.3 Å². The topological polar surface area (TPSA) is 89.5 Å². The maximum Gasteiger partial charge on any atom is 0.338 e. The van der Waals surface area contributed by atoms with E-state index in [0.717, 1.165) is 6.42 Å². The van der Waals surface area contributed by atoms with E-state index >= 15 is 0 Å². The van der Waals surface area contributed by atoms with Gasteiger partial charge in [-0.1, -0.05) is 49.4 Å². The third kappa shape index (κ3) is 5.60. The lowest BCUT2D eigenvalue weighted by molar-refractivity contribution is -0.124. The van der Waals surface area contributed by atoms with E-state index in [9.17, 15) is 19.2 Å². The van der Waals surface area contributed by atoms with Crippen LogP contribution in [-0.2, 0) is 9.53 Å². The number of Topliss-reactive ketones (excluding diaryl/α,β-unsaturated/α-hetero) is 2. The molecule has 2 rings (SSSR count). The summed E-state index contributed by atoms with van der Waals surface area (Å²) < 4.78 is 4.95. The van der Waals surface area contributed by atoms with Crippen LogP contribution in [0.3, 0.4) is 0 Å². The zero-order chi connectivity index (χ0) is 19.8. The Hall–Kier alpha value is -3.28. The molecule has 0 saturated carbocycles. The van der Waals surface area contributed by atoms with E-state index in [4.69, 9.17) is 4.74 Å². The van der Waals surface area contributed by atoms with Crippen molar-refractivity contribution in [1.82, 2.24) is 5.32 Å². The summed E-state index contributed by atoms with van der Waals surface area (Å²) in [4.78, 5) is 48.0. The quantitative estimate of drug-likeness (QED) is 0.440. The highest BCUT2D eigenvalue weighted by molar-refractivity contribution is 6.49. The highest BCUT2D eigenvalue weighted by atomic mass is 16.5. The van der Waals surface area contributed by atoms with Gasteiger partial charge in [0.15, 0.2) is 6.61 Å². The molecule has 0 radical (unpaired) electrons. The molecule has 140 valence electrons. The number of rotatable bonds is 8. The molecule has 0 heterocycles. The molecule has 6 heteroatoms. The summed E-state index contributed by atoms with van der Waals surface area (Å²) in [7, 11) is 0. The molecule has 0 aliphatic heterocycles. The molecule has 0 aliphatic carbocycles. The van der Waals surface area contributed by atoms with Crippen LogP contribution in [0.4, 0.5) is 0 Å². The maximum absolute atomic E-state index is 12.3. The average molecular weight is 367 g/mol. The number of carbonyl (C=O) groups excluding carboxylic acids is 4. The third-order valence-corrected chi connectivity index (χ3v) is 3.98. The highest BCUT2D eigenvalue weighted by Crippen LogP contribution is 2.10. The van der Waals surface area contributed by atoms with Crippen molar-refractivity contribution in [1.29, 1.82) is 0 Å². The van der Waals surface area contributed by atoms with Crippen LogP contribution in [0.15, 0.2) is 54.6 Å². The minimum atomic E-state index is -0.678. The number of esters is 1. The first-order valence-electron chi connectivity index (χ1n) is 8.63. The third-order valence-electron chi connectivity index (χ3n) is 3.98. The Morgan fingerprint density at radius 3 is 1.93 bits per heavy atom. The van der Waals surface area contributed by atoms with Gasteiger partial charge in [-0.3, -0.25) is 14.4 Å². The summed E-state index contributed by atoms with van der Waals surface area (Å²) in [5, 5.41) is 2.69. The molecular weight excluding hydrogens is 346 g/mol. The van der Waals surface area contributed by atoms with Crippen molar-refractivity contribution in [3.63, 3.8) is 0 Å². The van der Waals surface area contributed by atoms with Gasteiger partial charge in [-0.05, 0) is 25.5 Å². The van der Waals surface area contributed by atoms with E-state index in [-0.39, 0.29) is 29.7 Å². The van der Waals surface area contributed by atoms with Crippen LogP contribution in [0, 0.1) is 0 Å². The number of benzene rings is 2. The molecule has 1 atom stereocenters. The lowest BCUT2D eigenvalue weighted by Gasteiger charge is -2.11. The zero-order valence-electron chi connectivity index (χ0n) is 15.2. The predicted molar refractivity (Wildman–Crippen MR) is 99.7 cm³/mol. The summed E-state index contributed by atoms with van der Waals surface area (Å²) in [6.07, 6.45) is 0.775. The summed E-state index contributed by atoms with van der Waals surface area (Å²) >= 11 is 0.